The molecule has 36 heavy (non-hydrogen) atoms. The standard InChI is InChI=1S/C31H64O4.H2O/c1-9-12-14-16-18-19-20-21-22-24-26-29(32-11-3)31(34-28(4)5,35-30(6,7)8)33-27-25-23-17-15-13-10-2;/h28-29H,9-27H2,1-8H3;1H2. The lowest BCUT2D eigenvalue weighted by atomic mass is 10.0. The van der Waals surface area contributed by atoms with Crippen LogP contribution in [0.15, 0.2) is 0 Å². The predicted molar refractivity (Wildman–Crippen MR) is 155 cm³/mol. The van der Waals surface area contributed by atoms with Gasteiger partial charge in [-0.05, 0) is 54.4 Å². The molecule has 0 heterocycles. The van der Waals surface area contributed by atoms with Gasteiger partial charge in [-0.15, -0.1) is 0 Å². The molecular weight excluding hydrogens is 452 g/mol. The Balaban J connectivity index is 0. The molecule has 0 aromatic heterocycles. The number of rotatable bonds is 25. The first-order valence-corrected chi connectivity index (χ1v) is 15.3. The van der Waals surface area contributed by atoms with Crippen LogP contribution in [0.4, 0.5) is 0 Å². The van der Waals surface area contributed by atoms with Gasteiger partial charge in [0.25, 0.3) is 0 Å². The average Bonchev–Trinajstić information content (AvgIpc) is 2.77. The van der Waals surface area contributed by atoms with Gasteiger partial charge in [-0.2, -0.15) is 0 Å². The largest absolute Gasteiger partial charge is 0.412 e. The van der Waals surface area contributed by atoms with E-state index in [0.717, 1.165) is 19.3 Å². The van der Waals surface area contributed by atoms with Crippen molar-refractivity contribution >= 4 is 0 Å². The Morgan fingerprint density at radius 1 is 0.611 bits per heavy atom. The zero-order valence-corrected chi connectivity index (χ0v) is 25.7. The molecule has 2 unspecified atom stereocenters. The van der Waals surface area contributed by atoms with Crippen LogP contribution in [0.3, 0.4) is 0 Å². The topological polar surface area (TPSA) is 68.4 Å². The molecule has 0 spiro atoms. The summed E-state index contributed by atoms with van der Waals surface area (Å²) < 4.78 is 25.8. The molecule has 0 aliphatic heterocycles. The molecular formula is C31H66O5. The third kappa shape index (κ3) is 20.8. The molecule has 0 saturated carbocycles. The molecule has 0 amide bonds. The zero-order valence-electron chi connectivity index (χ0n) is 25.7. The number of unbranched alkanes of at least 4 members (excludes halogenated alkanes) is 14. The number of hydrogen-bond acceptors (Lipinski definition) is 4. The Kier molecular flexibility index (Phi) is 25.2. The zero-order chi connectivity index (χ0) is 26.4. The Labute approximate surface area is 226 Å². The maximum atomic E-state index is 6.57. The third-order valence-electron chi connectivity index (χ3n) is 6.23. The highest BCUT2D eigenvalue weighted by atomic mass is 16.9. The second-order valence-electron chi connectivity index (χ2n) is 11.5. The maximum Gasteiger partial charge on any atom is 0.311 e. The lowest BCUT2D eigenvalue weighted by molar-refractivity contribution is -0.447. The molecule has 0 aromatic carbocycles. The molecule has 0 aliphatic rings. The number of ether oxygens (including phenoxy) is 4. The maximum absolute atomic E-state index is 6.57. The summed E-state index contributed by atoms with van der Waals surface area (Å²) in [6.07, 6.45) is 21.3. The van der Waals surface area contributed by atoms with Crippen molar-refractivity contribution in [3.05, 3.63) is 0 Å². The van der Waals surface area contributed by atoms with E-state index >= 15 is 0 Å². The van der Waals surface area contributed by atoms with E-state index in [1.807, 2.05) is 0 Å². The normalized spacial score (nSPS) is 14.6. The van der Waals surface area contributed by atoms with Crippen LogP contribution < -0.4 is 0 Å². The first-order valence-electron chi connectivity index (χ1n) is 15.3. The first-order chi connectivity index (χ1) is 16.7. The highest BCUT2D eigenvalue weighted by Gasteiger charge is 2.47. The molecule has 220 valence electrons. The van der Waals surface area contributed by atoms with Crippen LogP contribution in [0.25, 0.3) is 0 Å². The van der Waals surface area contributed by atoms with Gasteiger partial charge in [-0.25, -0.2) is 0 Å². The smallest absolute Gasteiger partial charge is 0.311 e. The molecule has 0 aliphatic carbocycles. The minimum Gasteiger partial charge on any atom is -0.412 e. The van der Waals surface area contributed by atoms with Crippen molar-refractivity contribution in [1.29, 1.82) is 0 Å². The molecule has 0 radical (unpaired) electrons. The van der Waals surface area contributed by atoms with Gasteiger partial charge in [-0.1, -0.05) is 110 Å². The van der Waals surface area contributed by atoms with E-state index in [1.165, 1.54) is 89.9 Å². The van der Waals surface area contributed by atoms with Crippen molar-refractivity contribution < 1.29 is 24.4 Å². The van der Waals surface area contributed by atoms with Crippen LogP contribution in [0.5, 0.6) is 0 Å². The molecule has 2 atom stereocenters. The summed E-state index contributed by atoms with van der Waals surface area (Å²) in [7, 11) is 0. The van der Waals surface area contributed by atoms with E-state index < -0.39 is 11.6 Å². The van der Waals surface area contributed by atoms with Crippen LogP contribution in [0.1, 0.15) is 165 Å². The SMILES string of the molecule is CCCCCCCCCCCCC(OCC)C(OCCCCCCCC)(OC(C)C)OC(C)(C)C.O. The summed E-state index contributed by atoms with van der Waals surface area (Å²) in [6.45, 7) is 18.2. The van der Waals surface area contributed by atoms with Crippen molar-refractivity contribution in [2.75, 3.05) is 13.2 Å². The lowest BCUT2D eigenvalue weighted by Crippen LogP contribution is -2.55. The molecule has 2 N–H and O–H groups in total. The van der Waals surface area contributed by atoms with Crippen LogP contribution in [0.2, 0.25) is 0 Å². The molecule has 5 nitrogen and oxygen atoms in total. The second kappa shape index (κ2) is 23.9. The summed E-state index contributed by atoms with van der Waals surface area (Å²) in [6, 6.07) is 0. The average molecular weight is 519 g/mol. The fourth-order valence-corrected chi connectivity index (χ4v) is 4.55. The van der Waals surface area contributed by atoms with E-state index in [-0.39, 0.29) is 17.7 Å². The Morgan fingerprint density at radius 2 is 1.06 bits per heavy atom. The van der Waals surface area contributed by atoms with Gasteiger partial charge in [-0.3, -0.25) is 0 Å². The van der Waals surface area contributed by atoms with Gasteiger partial charge in [0.2, 0.25) is 0 Å². The van der Waals surface area contributed by atoms with Crippen LogP contribution in [0, 0.1) is 0 Å². The van der Waals surface area contributed by atoms with Gasteiger partial charge in [0.15, 0.2) is 0 Å². The van der Waals surface area contributed by atoms with E-state index in [0.29, 0.717) is 13.2 Å². The summed E-state index contributed by atoms with van der Waals surface area (Å²) in [5, 5.41) is 0. The van der Waals surface area contributed by atoms with Gasteiger partial charge in [0, 0.05) is 6.61 Å². The minimum atomic E-state index is -1.16. The van der Waals surface area contributed by atoms with E-state index in [1.54, 1.807) is 0 Å². The van der Waals surface area contributed by atoms with Crippen molar-refractivity contribution in [2.24, 2.45) is 0 Å². The van der Waals surface area contributed by atoms with Gasteiger partial charge in [0.1, 0.15) is 6.10 Å². The molecule has 0 aromatic rings. The summed E-state index contributed by atoms with van der Waals surface area (Å²) >= 11 is 0. The molecule has 0 fully saturated rings. The van der Waals surface area contributed by atoms with Gasteiger partial charge in [0.05, 0.1) is 18.3 Å². The Morgan fingerprint density at radius 3 is 1.47 bits per heavy atom. The molecule has 0 bridgehead atoms. The van der Waals surface area contributed by atoms with Crippen LogP contribution in [-0.4, -0.2) is 42.5 Å². The Hall–Kier alpha value is -0.200. The van der Waals surface area contributed by atoms with Crippen LogP contribution in [-0.2, 0) is 18.9 Å². The fourth-order valence-electron chi connectivity index (χ4n) is 4.55. The van der Waals surface area contributed by atoms with Crippen molar-refractivity contribution in [1.82, 2.24) is 0 Å². The quantitative estimate of drug-likeness (QED) is 0.0892. The highest BCUT2D eigenvalue weighted by molar-refractivity contribution is 4.78. The van der Waals surface area contributed by atoms with Gasteiger partial charge >= 0.3 is 5.97 Å². The molecule has 0 saturated heterocycles. The summed E-state index contributed by atoms with van der Waals surface area (Å²) in [5.74, 6) is -1.16. The van der Waals surface area contributed by atoms with Crippen molar-refractivity contribution in [3.8, 4) is 0 Å². The third-order valence-corrected chi connectivity index (χ3v) is 6.23. The summed E-state index contributed by atoms with van der Waals surface area (Å²) in [5.41, 5.74) is -0.400. The first kappa shape index (κ1) is 37.9. The monoisotopic (exact) mass is 518 g/mol. The lowest BCUT2D eigenvalue weighted by Gasteiger charge is -2.44. The van der Waals surface area contributed by atoms with E-state index in [9.17, 15) is 0 Å². The summed E-state index contributed by atoms with van der Waals surface area (Å²) in [4.78, 5) is 0. The van der Waals surface area contributed by atoms with Crippen molar-refractivity contribution in [3.63, 3.8) is 0 Å². The van der Waals surface area contributed by atoms with E-state index in [2.05, 4.69) is 55.4 Å². The Bertz CT molecular complexity index is 449. The molecule has 0 rings (SSSR count). The minimum absolute atomic E-state index is 0. The van der Waals surface area contributed by atoms with Crippen LogP contribution >= 0.6 is 0 Å². The highest BCUT2D eigenvalue weighted by Crippen LogP contribution is 2.33. The second-order valence-corrected chi connectivity index (χ2v) is 11.5. The number of hydrogen-bond donors (Lipinski definition) is 0. The van der Waals surface area contributed by atoms with E-state index in [4.69, 9.17) is 18.9 Å². The molecule has 5 heteroatoms. The van der Waals surface area contributed by atoms with Gasteiger partial charge < -0.3 is 24.4 Å². The van der Waals surface area contributed by atoms with Crippen molar-refractivity contribution in [2.45, 2.75) is 188 Å². The fraction of sp³-hybridized carbons (Fsp3) is 1.00. The predicted octanol–water partition coefficient (Wildman–Crippen LogP) is 9.15.